The standard InChI is InChI=1S/C19H24O5/c1-12-9-15-8-4-7-14(24-15)6-3-5-13-10-16(22-2)11-17(20)18(13)19(21)23-12/h3,5,10-12,14-15,20H,4,6-9H2,1-2H3/b5-3-/t12-,14?,15?/m0/s1. The van der Waals surface area contributed by atoms with Gasteiger partial charge in [-0.25, -0.2) is 4.79 Å². The molecule has 1 N–H and O–H groups in total. The molecule has 2 heterocycles. The van der Waals surface area contributed by atoms with Gasteiger partial charge in [-0.3, -0.25) is 0 Å². The summed E-state index contributed by atoms with van der Waals surface area (Å²) in [5.74, 6) is -0.146. The molecule has 5 heteroatoms. The van der Waals surface area contributed by atoms with Crippen molar-refractivity contribution in [3.05, 3.63) is 29.3 Å². The van der Waals surface area contributed by atoms with Gasteiger partial charge in [0.2, 0.25) is 0 Å². The number of ether oxygens (including phenoxy) is 3. The second kappa shape index (κ2) is 7.26. The van der Waals surface area contributed by atoms with Crippen LogP contribution in [0.1, 0.15) is 54.9 Å². The molecule has 0 radical (unpaired) electrons. The first-order valence-corrected chi connectivity index (χ1v) is 8.50. The molecule has 3 rings (SSSR count). The average Bonchev–Trinajstić information content (AvgIpc) is 2.53. The molecular formula is C19H24O5. The molecule has 24 heavy (non-hydrogen) atoms. The summed E-state index contributed by atoms with van der Waals surface area (Å²) in [7, 11) is 1.52. The maximum atomic E-state index is 12.5. The van der Waals surface area contributed by atoms with Crippen molar-refractivity contribution in [2.75, 3.05) is 7.11 Å². The summed E-state index contributed by atoms with van der Waals surface area (Å²) in [6.45, 7) is 1.87. The highest BCUT2D eigenvalue weighted by molar-refractivity contribution is 5.97. The van der Waals surface area contributed by atoms with Gasteiger partial charge in [0.05, 0.1) is 19.3 Å². The van der Waals surface area contributed by atoms with Gasteiger partial charge in [-0.05, 0) is 44.2 Å². The lowest BCUT2D eigenvalue weighted by Gasteiger charge is -2.31. The second-order valence-corrected chi connectivity index (χ2v) is 6.51. The molecule has 1 aromatic carbocycles. The zero-order chi connectivity index (χ0) is 17.1. The van der Waals surface area contributed by atoms with Gasteiger partial charge in [-0.15, -0.1) is 0 Å². The summed E-state index contributed by atoms with van der Waals surface area (Å²) in [5, 5.41) is 10.3. The number of esters is 1. The largest absolute Gasteiger partial charge is 0.507 e. The lowest BCUT2D eigenvalue weighted by atomic mass is 9.97. The predicted molar refractivity (Wildman–Crippen MR) is 90.3 cm³/mol. The minimum absolute atomic E-state index is 0.125. The Hall–Kier alpha value is -2.01. The zero-order valence-corrected chi connectivity index (χ0v) is 14.2. The molecule has 3 atom stereocenters. The summed E-state index contributed by atoms with van der Waals surface area (Å²) >= 11 is 0. The fourth-order valence-corrected chi connectivity index (χ4v) is 3.43. The van der Waals surface area contributed by atoms with Crippen molar-refractivity contribution in [2.45, 2.75) is 57.3 Å². The smallest absolute Gasteiger partial charge is 0.342 e. The Morgan fingerprint density at radius 3 is 2.83 bits per heavy atom. The van der Waals surface area contributed by atoms with Crippen LogP contribution in [0.15, 0.2) is 18.2 Å². The van der Waals surface area contributed by atoms with Crippen molar-refractivity contribution < 1.29 is 24.1 Å². The van der Waals surface area contributed by atoms with Crippen molar-refractivity contribution in [2.24, 2.45) is 0 Å². The number of hydrogen-bond acceptors (Lipinski definition) is 5. The molecule has 2 aliphatic heterocycles. The average molecular weight is 332 g/mol. The van der Waals surface area contributed by atoms with Gasteiger partial charge in [0.15, 0.2) is 0 Å². The quantitative estimate of drug-likeness (QED) is 0.795. The fourth-order valence-electron chi connectivity index (χ4n) is 3.43. The Morgan fingerprint density at radius 1 is 1.25 bits per heavy atom. The fraction of sp³-hybridized carbons (Fsp3) is 0.526. The number of cyclic esters (lactones) is 1. The number of aromatic hydroxyl groups is 1. The second-order valence-electron chi connectivity index (χ2n) is 6.51. The van der Waals surface area contributed by atoms with Crippen LogP contribution in [0.4, 0.5) is 0 Å². The van der Waals surface area contributed by atoms with E-state index in [2.05, 4.69) is 0 Å². The van der Waals surface area contributed by atoms with Gasteiger partial charge in [-0.2, -0.15) is 0 Å². The number of fused-ring (bicyclic) bond motifs is 3. The summed E-state index contributed by atoms with van der Waals surface area (Å²) in [4.78, 5) is 12.5. The van der Waals surface area contributed by atoms with Crippen molar-refractivity contribution in [3.63, 3.8) is 0 Å². The molecule has 2 unspecified atom stereocenters. The Balaban J connectivity index is 1.97. The molecule has 1 saturated heterocycles. The van der Waals surface area contributed by atoms with Crippen LogP contribution in [-0.2, 0) is 9.47 Å². The highest BCUT2D eigenvalue weighted by atomic mass is 16.5. The number of benzene rings is 1. The van der Waals surface area contributed by atoms with Crippen LogP contribution in [0.2, 0.25) is 0 Å². The maximum Gasteiger partial charge on any atom is 0.342 e. The first-order chi connectivity index (χ1) is 11.6. The van der Waals surface area contributed by atoms with Gasteiger partial charge in [0.25, 0.3) is 0 Å². The molecule has 0 aliphatic carbocycles. The van der Waals surface area contributed by atoms with E-state index in [1.807, 2.05) is 19.1 Å². The Kier molecular flexibility index (Phi) is 5.09. The third-order valence-electron chi connectivity index (χ3n) is 4.60. The molecule has 130 valence electrons. The molecule has 0 spiro atoms. The molecule has 5 nitrogen and oxygen atoms in total. The minimum Gasteiger partial charge on any atom is -0.507 e. The van der Waals surface area contributed by atoms with E-state index >= 15 is 0 Å². The molecule has 2 aliphatic rings. The van der Waals surface area contributed by atoms with E-state index in [0.29, 0.717) is 17.7 Å². The Morgan fingerprint density at radius 2 is 2.04 bits per heavy atom. The third kappa shape index (κ3) is 3.73. The molecule has 2 bridgehead atoms. The van der Waals surface area contributed by atoms with Gasteiger partial charge in [-0.1, -0.05) is 12.2 Å². The van der Waals surface area contributed by atoms with E-state index in [1.54, 1.807) is 6.07 Å². The lowest BCUT2D eigenvalue weighted by molar-refractivity contribution is -0.0675. The zero-order valence-electron chi connectivity index (χ0n) is 14.2. The Bertz CT molecular complexity index is 637. The van der Waals surface area contributed by atoms with Crippen molar-refractivity contribution in [1.82, 2.24) is 0 Å². The first-order valence-electron chi connectivity index (χ1n) is 8.50. The van der Waals surface area contributed by atoms with Crippen molar-refractivity contribution in [3.8, 4) is 11.5 Å². The highest BCUT2D eigenvalue weighted by Crippen LogP contribution is 2.32. The number of hydrogen-bond donors (Lipinski definition) is 1. The van der Waals surface area contributed by atoms with Crippen molar-refractivity contribution in [1.29, 1.82) is 0 Å². The molecule has 0 saturated carbocycles. The minimum atomic E-state index is -0.518. The molecule has 0 aromatic heterocycles. The predicted octanol–water partition coefficient (Wildman–Crippen LogP) is 3.69. The maximum absolute atomic E-state index is 12.5. The van der Waals surface area contributed by atoms with Crippen LogP contribution >= 0.6 is 0 Å². The Labute approximate surface area is 142 Å². The highest BCUT2D eigenvalue weighted by Gasteiger charge is 2.27. The van der Waals surface area contributed by atoms with E-state index < -0.39 is 5.97 Å². The number of rotatable bonds is 1. The first kappa shape index (κ1) is 16.8. The van der Waals surface area contributed by atoms with Gasteiger partial charge in [0.1, 0.15) is 23.2 Å². The third-order valence-corrected chi connectivity index (χ3v) is 4.60. The molecule has 0 amide bonds. The van der Waals surface area contributed by atoms with Gasteiger partial charge < -0.3 is 19.3 Å². The number of phenolic OH excluding ortho intramolecular Hbond substituents is 1. The summed E-state index contributed by atoms with van der Waals surface area (Å²) in [5.41, 5.74) is 0.780. The monoisotopic (exact) mass is 332 g/mol. The summed E-state index contributed by atoms with van der Waals surface area (Å²) < 4.78 is 16.8. The summed E-state index contributed by atoms with van der Waals surface area (Å²) in [6, 6.07) is 3.16. The number of phenols is 1. The summed E-state index contributed by atoms with van der Waals surface area (Å²) in [6.07, 6.45) is 8.53. The molecule has 1 fully saturated rings. The number of carbonyl (C=O) groups is 1. The van der Waals surface area contributed by atoms with Gasteiger partial charge in [0, 0.05) is 12.5 Å². The van der Waals surface area contributed by atoms with Crippen LogP contribution in [0.25, 0.3) is 6.08 Å². The number of carbonyl (C=O) groups excluding carboxylic acids is 1. The van der Waals surface area contributed by atoms with E-state index in [1.165, 1.54) is 13.2 Å². The van der Waals surface area contributed by atoms with Crippen LogP contribution < -0.4 is 4.74 Å². The SMILES string of the molecule is COc1cc(O)c2c(c1)/C=C\CC1CCCC(C[C@H](C)OC2=O)O1. The van der Waals surface area contributed by atoms with Crippen LogP contribution in [-0.4, -0.2) is 36.5 Å². The van der Waals surface area contributed by atoms with Crippen molar-refractivity contribution >= 4 is 12.0 Å². The van der Waals surface area contributed by atoms with E-state index in [0.717, 1.165) is 25.7 Å². The molecule has 1 aromatic rings. The lowest BCUT2D eigenvalue weighted by Crippen LogP contribution is -2.31. The normalized spacial score (nSPS) is 28.8. The van der Waals surface area contributed by atoms with Crippen LogP contribution in [0, 0.1) is 0 Å². The molecular weight excluding hydrogens is 308 g/mol. The van der Waals surface area contributed by atoms with E-state index in [-0.39, 0.29) is 29.6 Å². The number of methoxy groups -OCH3 is 1. The van der Waals surface area contributed by atoms with Crippen LogP contribution in [0.3, 0.4) is 0 Å². The van der Waals surface area contributed by atoms with E-state index in [9.17, 15) is 9.90 Å². The van der Waals surface area contributed by atoms with Crippen LogP contribution in [0.5, 0.6) is 11.5 Å². The van der Waals surface area contributed by atoms with Gasteiger partial charge >= 0.3 is 5.97 Å². The topological polar surface area (TPSA) is 65.0 Å². The van der Waals surface area contributed by atoms with E-state index in [4.69, 9.17) is 14.2 Å².